The van der Waals surface area contributed by atoms with Crippen LogP contribution in [0.2, 0.25) is 0 Å². The molecule has 1 N–H and O–H groups in total. The van der Waals surface area contributed by atoms with Crippen molar-refractivity contribution in [3.05, 3.63) is 35.7 Å². The lowest BCUT2D eigenvalue weighted by molar-refractivity contribution is 0.0692. The van der Waals surface area contributed by atoms with Gasteiger partial charge in [0.05, 0.1) is 6.61 Å². The van der Waals surface area contributed by atoms with E-state index in [1.165, 1.54) is 6.07 Å². The number of carbonyl (C=O) groups is 1. The third-order valence-corrected chi connectivity index (χ3v) is 3.84. The molecule has 0 saturated heterocycles. The Hall–Kier alpha value is -2.02. The number of hydrogen-bond donors (Lipinski definition) is 1. The summed E-state index contributed by atoms with van der Waals surface area (Å²) in [7, 11) is 0. The van der Waals surface area contributed by atoms with Crippen molar-refractivity contribution in [2.75, 3.05) is 12.4 Å². The minimum atomic E-state index is -0.986. The van der Waals surface area contributed by atoms with Crippen molar-refractivity contribution in [2.24, 2.45) is 0 Å². The lowest BCUT2D eigenvalue weighted by Gasteiger charge is -2.09. The summed E-state index contributed by atoms with van der Waals surface area (Å²) in [4.78, 5) is 11.1. The maximum atomic E-state index is 11.1. The Kier molecular flexibility index (Phi) is 5.21. The first-order chi connectivity index (χ1) is 10.1. The number of rotatable bonds is 7. The van der Waals surface area contributed by atoms with Gasteiger partial charge in [0.25, 0.3) is 0 Å². The van der Waals surface area contributed by atoms with Crippen LogP contribution in [0.5, 0.6) is 5.75 Å². The van der Waals surface area contributed by atoms with E-state index in [0.29, 0.717) is 18.1 Å². The second-order valence-corrected chi connectivity index (χ2v) is 5.33. The number of hydrogen-bond acceptors (Lipinski definition) is 5. The van der Waals surface area contributed by atoms with E-state index in [1.807, 2.05) is 18.4 Å². The highest BCUT2D eigenvalue weighted by Crippen LogP contribution is 2.20. The Morgan fingerprint density at radius 1 is 1.38 bits per heavy atom. The lowest BCUT2D eigenvalue weighted by Crippen LogP contribution is -2.06. The number of thioether (sulfide) groups is 1. The Bertz CT molecular complexity index is 628. The highest BCUT2D eigenvalue weighted by atomic mass is 32.2. The molecule has 0 aliphatic rings. The molecule has 0 amide bonds. The predicted molar refractivity (Wildman–Crippen MR) is 80.1 cm³/mol. The monoisotopic (exact) mass is 307 g/mol. The number of aryl methyl sites for hydroxylation is 1. The molecular weight excluding hydrogens is 290 g/mol. The fourth-order valence-corrected chi connectivity index (χ4v) is 2.75. The molecule has 0 spiro atoms. The highest BCUT2D eigenvalue weighted by Gasteiger charge is 2.11. The van der Waals surface area contributed by atoms with Crippen LogP contribution in [-0.2, 0) is 6.54 Å². The number of para-hydroxylation sites is 1. The Labute approximate surface area is 127 Å². The van der Waals surface area contributed by atoms with Gasteiger partial charge in [-0.25, -0.2) is 4.79 Å². The van der Waals surface area contributed by atoms with Crippen LogP contribution < -0.4 is 4.74 Å². The van der Waals surface area contributed by atoms with E-state index in [1.54, 1.807) is 30.0 Å². The van der Waals surface area contributed by atoms with Gasteiger partial charge in [0.1, 0.15) is 17.1 Å². The molecule has 6 nitrogen and oxygen atoms in total. The molecule has 0 fully saturated rings. The number of aromatic carboxylic acids is 1. The maximum Gasteiger partial charge on any atom is 0.339 e. The first-order valence-corrected chi connectivity index (χ1v) is 7.59. The van der Waals surface area contributed by atoms with Gasteiger partial charge in [-0.1, -0.05) is 23.9 Å². The van der Waals surface area contributed by atoms with Gasteiger partial charge in [0.15, 0.2) is 5.16 Å². The molecule has 0 saturated carbocycles. The lowest BCUT2D eigenvalue weighted by atomic mass is 10.2. The van der Waals surface area contributed by atoms with Crippen LogP contribution in [0, 0.1) is 6.92 Å². The quantitative estimate of drug-likeness (QED) is 0.625. The molecule has 2 rings (SSSR count). The van der Waals surface area contributed by atoms with Gasteiger partial charge in [-0.2, -0.15) is 0 Å². The summed E-state index contributed by atoms with van der Waals surface area (Å²) < 4.78 is 7.57. The van der Waals surface area contributed by atoms with E-state index < -0.39 is 5.97 Å². The second-order valence-electron chi connectivity index (χ2n) is 4.27. The summed E-state index contributed by atoms with van der Waals surface area (Å²) >= 11 is 1.54. The number of benzene rings is 1. The van der Waals surface area contributed by atoms with Crippen molar-refractivity contribution >= 4 is 17.7 Å². The largest absolute Gasteiger partial charge is 0.492 e. The number of carboxylic acids is 1. The zero-order valence-electron chi connectivity index (χ0n) is 11.9. The molecule has 0 atom stereocenters. The van der Waals surface area contributed by atoms with E-state index in [2.05, 4.69) is 10.2 Å². The van der Waals surface area contributed by atoms with E-state index in [4.69, 9.17) is 9.84 Å². The third-order valence-electron chi connectivity index (χ3n) is 2.91. The van der Waals surface area contributed by atoms with Crippen LogP contribution in [0.15, 0.2) is 29.4 Å². The van der Waals surface area contributed by atoms with Crippen LogP contribution in [0.25, 0.3) is 0 Å². The molecule has 0 unspecified atom stereocenters. The average Bonchev–Trinajstić information content (AvgIpc) is 2.84. The summed E-state index contributed by atoms with van der Waals surface area (Å²) in [5, 5.41) is 18.1. The Morgan fingerprint density at radius 3 is 2.86 bits per heavy atom. The molecule has 21 heavy (non-hydrogen) atoms. The minimum absolute atomic E-state index is 0.176. The van der Waals surface area contributed by atoms with Crippen molar-refractivity contribution in [2.45, 2.75) is 25.5 Å². The highest BCUT2D eigenvalue weighted by molar-refractivity contribution is 7.99. The van der Waals surface area contributed by atoms with Crippen LogP contribution >= 0.6 is 11.8 Å². The van der Waals surface area contributed by atoms with E-state index in [-0.39, 0.29) is 5.56 Å². The summed E-state index contributed by atoms with van der Waals surface area (Å²) in [6.45, 7) is 5.19. The number of ether oxygens (including phenoxy) is 1. The Balaban J connectivity index is 1.89. The molecule has 2 aromatic rings. The molecule has 7 heteroatoms. The summed E-state index contributed by atoms with van der Waals surface area (Å²) in [5.74, 6) is 0.960. The fourth-order valence-electron chi connectivity index (χ4n) is 1.89. The SMILES string of the molecule is CCn1c(C)nnc1SCCOc1ccccc1C(=O)O. The van der Waals surface area contributed by atoms with Crippen molar-refractivity contribution in [1.82, 2.24) is 14.8 Å². The van der Waals surface area contributed by atoms with Gasteiger partial charge in [0, 0.05) is 12.3 Å². The van der Waals surface area contributed by atoms with Crippen molar-refractivity contribution in [1.29, 1.82) is 0 Å². The second kappa shape index (κ2) is 7.12. The smallest absolute Gasteiger partial charge is 0.339 e. The van der Waals surface area contributed by atoms with Crippen LogP contribution in [0.1, 0.15) is 23.1 Å². The number of aromatic nitrogens is 3. The van der Waals surface area contributed by atoms with Gasteiger partial charge in [-0.15, -0.1) is 10.2 Å². The van der Waals surface area contributed by atoms with Crippen LogP contribution in [0.3, 0.4) is 0 Å². The summed E-state index contributed by atoms with van der Waals surface area (Å²) in [6.07, 6.45) is 0. The molecule has 1 aromatic heterocycles. The molecular formula is C14H17N3O3S. The van der Waals surface area contributed by atoms with Gasteiger partial charge < -0.3 is 14.4 Å². The molecule has 1 heterocycles. The maximum absolute atomic E-state index is 11.1. The normalized spacial score (nSPS) is 10.6. The zero-order valence-corrected chi connectivity index (χ0v) is 12.8. The molecule has 112 valence electrons. The predicted octanol–water partition coefficient (Wildman–Crippen LogP) is 2.48. The van der Waals surface area contributed by atoms with Crippen molar-refractivity contribution in [3.63, 3.8) is 0 Å². The molecule has 1 aromatic carbocycles. The summed E-state index contributed by atoms with van der Waals surface area (Å²) in [5.41, 5.74) is 0.176. The first kappa shape index (κ1) is 15.4. The van der Waals surface area contributed by atoms with Crippen LogP contribution in [0.4, 0.5) is 0 Å². The van der Waals surface area contributed by atoms with E-state index in [9.17, 15) is 4.79 Å². The van der Waals surface area contributed by atoms with E-state index in [0.717, 1.165) is 17.5 Å². The van der Waals surface area contributed by atoms with E-state index >= 15 is 0 Å². The molecule has 0 aliphatic heterocycles. The number of nitrogens with zero attached hydrogens (tertiary/aromatic N) is 3. The van der Waals surface area contributed by atoms with Gasteiger partial charge in [0.2, 0.25) is 0 Å². The standard InChI is InChI=1S/C14H17N3O3S/c1-3-17-10(2)15-16-14(17)21-9-8-20-12-7-5-4-6-11(12)13(18)19/h4-7H,3,8-9H2,1-2H3,(H,18,19). The molecule has 0 bridgehead atoms. The summed E-state index contributed by atoms with van der Waals surface area (Å²) in [6, 6.07) is 6.62. The third kappa shape index (κ3) is 3.75. The topological polar surface area (TPSA) is 77.2 Å². The number of carboxylic acid groups (broad SMARTS) is 1. The van der Waals surface area contributed by atoms with Crippen molar-refractivity contribution in [3.8, 4) is 5.75 Å². The zero-order chi connectivity index (χ0) is 15.2. The van der Waals surface area contributed by atoms with Crippen LogP contribution in [-0.4, -0.2) is 38.2 Å². The average molecular weight is 307 g/mol. The molecule has 0 radical (unpaired) electrons. The van der Waals surface area contributed by atoms with Gasteiger partial charge in [-0.05, 0) is 26.0 Å². The Morgan fingerprint density at radius 2 is 2.14 bits per heavy atom. The minimum Gasteiger partial charge on any atom is -0.492 e. The fraction of sp³-hybridized carbons (Fsp3) is 0.357. The van der Waals surface area contributed by atoms with Gasteiger partial charge in [-0.3, -0.25) is 0 Å². The molecule has 0 aliphatic carbocycles. The van der Waals surface area contributed by atoms with Crippen molar-refractivity contribution < 1.29 is 14.6 Å². The first-order valence-electron chi connectivity index (χ1n) is 6.61. The van der Waals surface area contributed by atoms with Gasteiger partial charge >= 0.3 is 5.97 Å².